The molecule has 2 aromatic carbocycles. The minimum atomic E-state index is -0.788. The number of hydrogen-bond donors (Lipinski definition) is 0. The molecular formula is C20H16N4OS. The molecule has 0 bridgehead atoms. The van der Waals surface area contributed by atoms with Crippen molar-refractivity contribution in [2.75, 3.05) is 0 Å². The quantitative estimate of drug-likeness (QED) is 0.525. The predicted octanol–water partition coefficient (Wildman–Crippen LogP) is 4.74. The first-order chi connectivity index (χ1) is 12.5. The van der Waals surface area contributed by atoms with Gasteiger partial charge in [-0.2, -0.15) is 5.26 Å². The molecule has 2 aromatic heterocycles. The predicted molar refractivity (Wildman–Crippen MR) is 101 cm³/mol. The van der Waals surface area contributed by atoms with Gasteiger partial charge in [0.2, 0.25) is 11.8 Å². The van der Waals surface area contributed by atoms with Gasteiger partial charge in [0.15, 0.2) is 0 Å². The molecule has 4 rings (SSSR count). The highest BCUT2D eigenvalue weighted by Gasteiger charge is 2.27. The van der Waals surface area contributed by atoms with Crippen LogP contribution in [0.3, 0.4) is 0 Å². The molecule has 0 spiro atoms. The van der Waals surface area contributed by atoms with E-state index in [0.29, 0.717) is 18.2 Å². The van der Waals surface area contributed by atoms with Gasteiger partial charge in [0.05, 0.1) is 22.7 Å². The van der Waals surface area contributed by atoms with Crippen LogP contribution in [-0.2, 0) is 11.8 Å². The molecule has 5 nitrogen and oxygen atoms in total. The van der Waals surface area contributed by atoms with Crippen LogP contribution < -0.4 is 0 Å². The summed E-state index contributed by atoms with van der Waals surface area (Å²) < 4.78 is 6.78. The molecule has 4 aromatic rings. The maximum Gasteiger partial charge on any atom is 0.236 e. The number of thiazole rings is 1. The van der Waals surface area contributed by atoms with Crippen molar-refractivity contribution in [1.82, 2.24) is 15.2 Å². The van der Waals surface area contributed by atoms with Crippen molar-refractivity contribution in [2.45, 2.75) is 25.7 Å². The highest BCUT2D eigenvalue weighted by molar-refractivity contribution is 7.18. The van der Waals surface area contributed by atoms with Crippen LogP contribution in [0.2, 0.25) is 0 Å². The summed E-state index contributed by atoms with van der Waals surface area (Å²) in [4.78, 5) is 4.66. The maximum atomic E-state index is 9.17. The van der Waals surface area contributed by atoms with E-state index in [0.717, 1.165) is 15.2 Å². The number of nitriles is 1. The normalized spacial score (nSPS) is 11.6. The standard InChI is InChI=1S/C20H16N4OS/c1-20(2,12-21)19-24-23-17(25-19)11-18-22-15-9-8-14(10-16(15)26-18)13-6-4-3-5-7-13/h3-10H,11H2,1-2H3. The Balaban J connectivity index is 1.61. The molecule has 0 saturated carbocycles. The Morgan fingerprint density at radius 2 is 1.88 bits per heavy atom. The summed E-state index contributed by atoms with van der Waals surface area (Å²) in [5, 5.41) is 18.1. The molecule has 0 amide bonds. The van der Waals surface area contributed by atoms with Gasteiger partial charge in [-0.25, -0.2) is 4.98 Å². The first kappa shape index (κ1) is 16.4. The Kier molecular flexibility index (Phi) is 4.02. The lowest BCUT2D eigenvalue weighted by Crippen LogP contribution is -2.14. The average Bonchev–Trinajstić information content (AvgIpc) is 3.29. The summed E-state index contributed by atoms with van der Waals surface area (Å²) in [5.41, 5.74) is 2.53. The van der Waals surface area contributed by atoms with Gasteiger partial charge >= 0.3 is 0 Å². The van der Waals surface area contributed by atoms with E-state index in [9.17, 15) is 5.26 Å². The van der Waals surface area contributed by atoms with Gasteiger partial charge in [-0.05, 0) is 37.1 Å². The first-order valence-electron chi connectivity index (χ1n) is 8.24. The lowest BCUT2D eigenvalue weighted by molar-refractivity contribution is 0.403. The Morgan fingerprint density at radius 3 is 2.65 bits per heavy atom. The zero-order valence-corrected chi connectivity index (χ0v) is 15.2. The monoisotopic (exact) mass is 360 g/mol. The third-order valence-electron chi connectivity index (χ3n) is 4.12. The van der Waals surface area contributed by atoms with Crippen molar-refractivity contribution in [2.24, 2.45) is 0 Å². The molecule has 2 heterocycles. The van der Waals surface area contributed by atoms with E-state index < -0.39 is 5.41 Å². The second kappa shape index (κ2) is 6.36. The lowest BCUT2D eigenvalue weighted by Gasteiger charge is -2.07. The van der Waals surface area contributed by atoms with Crippen LogP contribution in [0.1, 0.15) is 30.6 Å². The Hall–Kier alpha value is -3.04. The van der Waals surface area contributed by atoms with E-state index in [1.807, 2.05) is 24.3 Å². The third kappa shape index (κ3) is 3.09. The fraction of sp³-hybridized carbons (Fsp3) is 0.200. The lowest BCUT2D eigenvalue weighted by atomic mass is 9.96. The number of fused-ring (bicyclic) bond motifs is 1. The molecule has 0 aliphatic rings. The molecule has 0 aliphatic heterocycles. The minimum Gasteiger partial charge on any atom is -0.423 e. The van der Waals surface area contributed by atoms with E-state index in [-0.39, 0.29) is 0 Å². The molecule has 0 fully saturated rings. The largest absolute Gasteiger partial charge is 0.423 e. The van der Waals surface area contributed by atoms with Gasteiger partial charge in [0, 0.05) is 0 Å². The van der Waals surface area contributed by atoms with Crippen LogP contribution in [0.15, 0.2) is 52.9 Å². The molecule has 6 heteroatoms. The number of aromatic nitrogens is 3. The van der Waals surface area contributed by atoms with Gasteiger partial charge in [0.1, 0.15) is 10.4 Å². The van der Waals surface area contributed by atoms with Crippen LogP contribution in [0.5, 0.6) is 0 Å². The van der Waals surface area contributed by atoms with E-state index >= 15 is 0 Å². The van der Waals surface area contributed by atoms with Crippen molar-refractivity contribution in [3.8, 4) is 17.2 Å². The fourth-order valence-electron chi connectivity index (χ4n) is 2.61. The van der Waals surface area contributed by atoms with E-state index in [2.05, 4.69) is 45.5 Å². The molecule has 0 atom stereocenters. The number of benzene rings is 2. The topological polar surface area (TPSA) is 75.6 Å². The van der Waals surface area contributed by atoms with E-state index in [1.54, 1.807) is 25.2 Å². The van der Waals surface area contributed by atoms with Crippen LogP contribution in [0.25, 0.3) is 21.3 Å². The molecule has 26 heavy (non-hydrogen) atoms. The summed E-state index contributed by atoms with van der Waals surface area (Å²) in [5.74, 6) is 0.813. The van der Waals surface area contributed by atoms with Gasteiger partial charge in [-0.15, -0.1) is 21.5 Å². The zero-order chi connectivity index (χ0) is 18.1. The number of rotatable bonds is 4. The highest BCUT2D eigenvalue weighted by Crippen LogP contribution is 2.29. The Bertz CT molecular complexity index is 1110. The second-order valence-corrected chi connectivity index (χ2v) is 7.69. The molecule has 128 valence electrons. The summed E-state index contributed by atoms with van der Waals surface area (Å²) in [6, 6.07) is 18.7. The first-order valence-corrected chi connectivity index (χ1v) is 9.06. The van der Waals surface area contributed by atoms with Crippen molar-refractivity contribution in [3.05, 3.63) is 65.3 Å². The Morgan fingerprint density at radius 1 is 1.08 bits per heavy atom. The van der Waals surface area contributed by atoms with Gasteiger partial charge < -0.3 is 4.42 Å². The highest BCUT2D eigenvalue weighted by atomic mass is 32.1. The average molecular weight is 360 g/mol. The van der Waals surface area contributed by atoms with Crippen LogP contribution in [0, 0.1) is 11.3 Å². The smallest absolute Gasteiger partial charge is 0.236 e. The molecule has 0 aliphatic carbocycles. The number of nitrogens with zero attached hydrogens (tertiary/aromatic N) is 4. The third-order valence-corrected chi connectivity index (χ3v) is 5.14. The molecule has 0 saturated heterocycles. The maximum absolute atomic E-state index is 9.17. The van der Waals surface area contributed by atoms with E-state index in [1.165, 1.54) is 11.1 Å². The van der Waals surface area contributed by atoms with Crippen LogP contribution in [0.4, 0.5) is 0 Å². The SMILES string of the molecule is CC(C)(C#N)c1nnc(Cc2nc3ccc(-c4ccccc4)cc3s2)o1. The molecular weight excluding hydrogens is 344 g/mol. The molecule has 0 unspecified atom stereocenters. The summed E-state index contributed by atoms with van der Waals surface area (Å²) in [6.45, 7) is 3.51. The summed E-state index contributed by atoms with van der Waals surface area (Å²) in [6.07, 6.45) is 0.467. The fourth-order valence-corrected chi connectivity index (χ4v) is 3.61. The molecule has 0 N–H and O–H groups in total. The number of hydrogen-bond acceptors (Lipinski definition) is 6. The van der Waals surface area contributed by atoms with Gasteiger partial charge in [0.25, 0.3) is 0 Å². The molecule has 0 radical (unpaired) electrons. The van der Waals surface area contributed by atoms with Crippen molar-refractivity contribution >= 4 is 21.6 Å². The van der Waals surface area contributed by atoms with Crippen molar-refractivity contribution in [3.63, 3.8) is 0 Å². The minimum absolute atomic E-state index is 0.336. The summed E-state index contributed by atoms with van der Waals surface area (Å²) in [7, 11) is 0. The Labute approximate surface area is 155 Å². The van der Waals surface area contributed by atoms with Gasteiger partial charge in [-0.3, -0.25) is 0 Å². The zero-order valence-electron chi connectivity index (χ0n) is 14.4. The van der Waals surface area contributed by atoms with Crippen molar-refractivity contribution < 1.29 is 4.42 Å². The van der Waals surface area contributed by atoms with Crippen molar-refractivity contribution in [1.29, 1.82) is 5.26 Å². The van der Waals surface area contributed by atoms with Crippen LogP contribution >= 0.6 is 11.3 Å². The van der Waals surface area contributed by atoms with E-state index in [4.69, 9.17) is 4.42 Å². The second-order valence-electron chi connectivity index (χ2n) is 6.57. The van der Waals surface area contributed by atoms with Crippen LogP contribution in [-0.4, -0.2) is 15.2 Å². The summed E-state index contributed by atoms with van der Waals surface area (Å²) >= 11 is 1.62. The van der Waals surface area contributed by atoms with Gasteiger partial charge in [-0.1, -0.05) is 36.4 Å².